The van der Waals surface area contributed by atoms with E-state index in [1.54, 1.807) is 12.1 Å². The standard InChI is InChI=1S/C22H22FN3O/c1-15-20(16(2)26(25-15)19-6-4-3-5-7-19)14-24-21(27)22(12-13-22)17-8-10-18(23)11-9-17/h3-11H,12-14H2,1-2H3,(H,24,27). The Balaban J connectivity index is 1.52. The molecule has 1 saturated carbocycles. The smallest absolute Gasteiger partial charge is 0.230 e. The van der Waals surface area contributed by atoms with E-state index >= 15 is 0 Å². The van der Waals surface area contributed by atoms with Crippen molar-refractivity contribution in [2.75, 3.05) is 0 Å². The summed E-state index contributed by atoms with van der Waals surface area (Å²) in [5.41, 5.74) is 4.33. The van der Waals surface area contributed by atoms with E-state index in [4.69, 9.17) is 0 Å². The van der Waals surface area contributed by atoms with Gasteiger partial charge in [-0.3, -0.25) is 4.79 Å². The molecule has 27 heavy (non-hydrogen) atoms. The fourth-order valence-electron chi connectivity index (χ4n) is 3.63. The van der Waals surface area contributed by atoms with E-state index in [1.807, 2.05) is 48.9 Å². The average molecular weight is 363 g/mol. The Bertz CT molecular complexity index is 973. The quantitative estimate of drug-likeness (QED) is 0.745. The lowest BCUT2D eigenvalue weighted by atomic mass is 9.95. The van der Waals surface area contributed by atoms with Crippen LogP contribution in [-0.2, 0) is 16.8 Å². The van der Waals surface area contributed by atoms with Gasteiger partial charge >= 0.3 is 0 Å². The van der Waals surface area contributed by atoms with Gasteiger partial charge in [-0.25, -0.2) is 9.07 Å². The topological polar surface area (TPSA) is 46.9 Å². The molecule has 1 N–H and O–H groups in total. The molecule has 2 aromatic carbocycles. The number of hydrogen-bond acceptors (Lipinski definition) is 2. The number of aryl methyl sites for hydroxylation is 1. The van der Waals surface area contributed by atoms with E-state index in [1.165, 1.54) is 12.1 Å². The van der Waals surface area contributed by atoms with Gasteiger partial charge in [0, 0.05) is 17.8 Å². The van der Waals surface area contributed by atoms with Crippen LogP contribution in [0.4, 0.5) is 4.39 Å². The van der Waals surface area contributed by atoms with Gasteiger partial charge in [0.2, 0.25) is 5.91 Å². The SMILES string of the molecule is Cc1nn(-c2ccccc2)c(C)c1CNC(=O)C1(c2ccc(F)cc2)CC1. The van der Waals surface area contributed by atoms with Crippen molar-refractivity contribution in [3.05, 3.63) is 82.9 Å². The lowest BCUT2D eigenvalue weighted by Gasteiger charge is -2.16. The molecular weight excluding hydrogens is 341 g/mol. The summed E-state index contributed by atoms with van der Waals surface area (Å²) in [5.74, 6) is -0.282. The Morgan fingerprint density at radius 2 is 1.78 bits per heavy atom. The Morgan fingerprint density at radius 1 is 1.11 bits per heavy atom. The van der Waals surface area contributed by atoms with Gasteiger partial charge in [-0.15, -0.1) is 0 Å². The largest absolute Gasteiger partial charge is 0.351 e. The van der Waals surface area contributed by atoms with Crippen molar-refractivity contribution in [1.29, 1.82) is 0 Å². The number of aromatic nitrogens is 2. The van der Waals surface area contributed by atoms with Crippen molar-refractivity contribution in [3.63, 3.8) is 0 Å². The predicted molar refractivity (Wildman–Crippen MR) is 102 cm³/mol. The fourth-order valence-corrected chi connectivity index (χ4v) is 3.63. The molecule has 1 heterocycles. The van der Waals surface area contributed by atoms with Crippen molar-refractivity contribution in [1.82, 2.24) is 15.1 Å². The summed E-state index contributed by atoms with van der Waals surface area (Å²) >= 11 is 0. The fraction of sp³-hybridized carbons (Fsp3) is 0.273. The van der Waals surface area contributed by atoms with E-state index in [9.17, 15) is 9.18 Å². The van der Waals surface area contributed by atoms with Gasteiger partial charge < -0.3 is 5.32 Å². The van der Waals surface area contributed by atoms with Crippen molar-refractivity contribution < 1.29 is 9.18 Å². The number of nitrogens with one attached hydrogen (secondary N) is 1. The van der Waals surface area contributed by atoms with Crippen LogP contribution in [0.5, 0.6) is 0 Å². The Morgan fingerprint density at radius 3 is 2.41 bits per heavy atom. The third kappa shape index (κ3) is 3.14. The molecule has 5 heteroatoms. The number of para-hydroxylation sites is 1. The van der Waals surface area contributed by atoms with Crippen molar-refractivity contribution in [2.24, 2.45) is 0 Å². The Kier molecular flexibility index (Phi) is 4.30. The Hall–Kier alpha value is -2.95. The summed E-state index contributed by atoms with van der Waals surface area (Å²) in [6.07, 6.45) is 1.59. The van der Waals surface area contributed by atoms with Crippen LogP contribution >= 0.6 is 0 Å². The predicted octanol–water partition coefficient (Wildman–Crippen LogP) is 3.98. The van der Waals surface area contributed by atoms with E-state index in [0.717, 1.165) is 41.0 Å². The van der Waals surface area contributed by atoms with Gasteiger partial charge in [0.1, 0.15) is 5.82 Å². The normalized spacial score (nSPS) is 14.8. The third-order valence-electron chi connectivity index (χ3n) is 5.45. The number of carbonyl (C=O) groups is 1. The number of amides is 1. The highest BCUT2D eigenvalue weighted by atomic mass is 19.1. The first kappa shape index (κ1) is 17.5. The van der Waals surface area contributed by atoms with Crippen LogP contribution < -0.4 is 5.32 Å². The minimum absolute atomic E-state index is 0.000342. The number of hydrogen-bond donors (Lipinski definition) is 1. The molecule has 0 bridgehead atoms. The molecule has 0 unspecified atom stereocenters. The molecule has 0 aliphatic heterocycles. The maximum Gasteiger partial charge on any atom is 0.230 e. The molecular formula is C22H22FN3O. The summed E-state index contributed by atoms with van der Waals surface area (Å²) in [4.78, 5) is 12.9. The van der Waals surface area contributed by atoms with Crippen LogP contribution in [0.15, 0.2) is 54.6 Å². The van der Waals surface area contributed by atoms with E-state index in [0.29, 0.717) is 6.54 Å². The number of halogens is 1. The summed E-state index contributed by atoms with van der Waals surface area (Å²) < 4.78 is 15.1. The number of benzene rings is 2. The lowest BCUT2D eigenvalue weighted by molar-refractivity contribution is -0.123. The van der Waals surface area contributed by atoms with E-state index in [2.05, 4.69) is 10.4 Å². The first-order valence-electron chi connectivity index (χ1n) is 9.16. The molecule has 0 saturated heterocycles. The first-order valence-corrected chi connectivity index (χ1v) is 9.16. The minimum Gasteiger partial charge on any atom is -0.351 e. The second-order valence-corrected chi connectivity index (χ2v) is 7.17. The average Bonchev–Trinajstić information content (AvgIpc) is 3.44. The van der Waals surface area contributed by atoms with Gasteiger partial charge in [0.25, 0.3) is 0 Å². The van der Waals surface area contributed by atoms with Crippen molar-refractivity contribution in [2.45, 2.75) is 38.6 Å². The molecule has 0 spiro atoms. The van der Waals surface area contributed by atoms with Crippen LogP contribution in [0.1, 0.15) is 35.4 Å². The summed E-state index contributed by atoms with van der Waals surface area (Å²) in [5, 5.41) is 7.70. The highest BCUT2D eigenvalue weighted by Crippen LogP contribution is 2.48. The molecule has 1 aliphatic carbocycles. The highest BCUT2D eigenvalue weighted by Gasteiger charge is 2.51. The molecule has 4 nitrogen and oxygen atoms in total. The zero-order valence-electron chi connectivity index (χ0n) is 15.5. The molecule has 138 valence electrons. The van der Waals surface area contributed by atoms with E-state index < -0.39 is 5.41 Å². The second kappa shape index (κ2) is 6.65. The molecule has 1 amide bonds. The minimum atomic E-state index is -0.509. The number of carbonyl (C=O) groups excluding carboxylic acids is 1. The van der Waals surface area contributed by atoms with Crippen LogP contribution in [0, 0.1) is 19.7 Å². The first-order chi connectivity index (χ1) is 13.0. The van der Waals surface area contributed by atoms with Crippen molar-refractivity contribution >= 4 is 5.91 Å². The molecule has 1 aliphatic rings. The molecule has 1 aromatic heterocycles. The summed E-state index contributed by atoms with van der Waals surface area (Å²) in [6, 6.07) is 16.2. The van der Waals surface area contributed by atoms with Gasteiger partial charge in [0.05, 0.1) is 16.8 Å². The van der Waals surface area contributed by atoms with Crippen LogP contribution in [0.25, 0.3) is 5.69 Å². The lowest BCUT2D eigenvalue weighted by Crippen LogP contribution is -2.34. The van der Waals surface area contributed by atoms with Crippen molar-refractivity contribution in [3.8, 4) is 5.69 Å². The maximum absolute atomic E-state index is 13.2. The number of rotatable bonds is 5. The van der Waals surface area contributed by atoms with Crippen LogP contribution in [0.3, 0.4) is 0 Å². The van der Waals surface area contributed by atoms with Gasteiger partial charge in [-0.05, 0) is 56.5 Å². The summed E-state index contributed by atoms with van der Waals surface area (Å²) in [6.45, 7) is 4.41. The van der Waals surface area contributed by atoms with E-state index in [-0.39, 0.29) is 11.7 Å². The van der Waals surface area contributed by atoms with Gasteiger partial charge in [0.15, 0.2) is 0 Å². The molecule has 0 atom stereocenters. The molecule has 0 radical (unpaired) electrons. The van der Waals surface area contributed by atoms with Crippen LogP contribution in [-0.4, -0.2) is 15.7 Å². The molecule has 1 fully saturated rings. The van der Waals surface area contributed by atoms with Crippen LogP contribution in [0.2, 0.25) is 0 Å². The zero-order chi connectivity index (χ0) is 19.0. The second-order valence-electron chi connectivity index (χ2n) is 7.17. The monoisotopic (exact) mass is 363 g/mol. The summed E-state index contributed by atoms with van der Waals surface area (Å²) in [7, 11) is 0. The zero-order valence-corrected chi connectivity index (χ0v) is 15.5. The highest BCUT2D eigenvalue weighted by molar-refractivity contribution is 5.91. The molecule has 4 rings (SSSR count). The Labute approximate surface area is 158 Å². The van der Waals surface area contributed by atoms with Gasteiger partial charge in [-0.2, -0.15) is 5.10 Å². The molecule has 3 aromatic rings. The third-order valence-corrected chi connectivity index (χ3v) is 5.45. The van der Waals surface area contributed by atoms with Gasteiger partial charge in [-0.1, -0.05) is 30.3 Å². The maximum atomic E-state index is 13.2. The number of nitrogens with zero attached hydrogens (tertiary/aromatic N) is 2.